The number of carbonyl (C=O) groups excluding carboxylic acids is 1. The maximum Gasteiger partial charge on any atom is 0.247 e. The molecule has 0 bridgehead atoms. The standard InChI is InChI=1S/C29H36N8O2/c1-6-29(38)35-24-13-25(27(39-5)15-26(24)37(4)21-8-7-11-36(3)17-21)34-28-14-23(32-18-33-28)19-9-10-20(16-30)22(12-19)31-2/h6,9-10,12-16,18,21,30-31H,1,7-8,11,17H2,2-5H3,(H,35,38)(H,32,33,34). The Kier molecular flexibility index (Phi) is 8.77. The number of nitrogens with one attached hydrogen (secondary N) is 4. The van der Waals surface area contributed by atoms with Gasteiger partial charge in [0.05, 0.1) is 29.9 Å². The highest BCUT2D eigenvalue weighted by molar-refractivity contribution is 6.02. The summed E-state index contributed by atoms with van der Waals surface area (Å²) in [5.41, 5.74) is 5.39. The molecule has 2 heterocycles. The predicted molar refractivity (Wildman–Crippen MR) is 159 cm³/mol. The third-order valence-corrected chi connectivity index (χ3v) is 6.99. The lowest BCUT2D eigenvalue weighted by atomic mass is 10.0. The van der Waals surface area contributed by atoms with Gasteiger partial charge in [0, 0.05) is 61.8 Å². The number of methoxy groups -OCH3 is 1. The van der Waals surface area contributed by atoms with E-state index in [1.54, 1.807) is 7.11 Å². The maximum atomic E-state index is 12.4. The normalized spacial score (nSPS) is 15.2. The van der Waals surface area contributed by atoms with Crippen LogP contribution in [-0.2, 0) is 4.79 Å². The molecule has 0 radical (unpaired) electrons. The summed E-state index contributed by atoms with van der Waals surface area (Å²) in [7, 11) is 7.62. The molecule has 1 unspecified atom stereocenters. The van der Waals surface area contributed by atoms with Crippen molar-refractivity contribution in [3.63, 3.8) is 0 Å². The van der Waals surface area contributed by atoms with E-state index in [9.17, 15) is 4.79 Å². The Morgan fingerprint density at radius 1 is 1.21 bits per heavy atom. The Hall–Kier alpha value is -4.44. The third kappa shape index (κ3) is 6.35. The number of rotatable bonds is 10. The van der Waals surface area contributed by atoms with Crippen LogP contribution in [0.1, 0.15) is 18.4 Å². The van der Waals surface area contributed by atoms with Crippen LogP contribution in [0.2, 0.25) is 0 Å². The van der Waals surface area contributed by atoms with Crippen LogP contribution in [0.5, 0.6) is 5.75 Å². The largest absolute Gasteiger partial charge is 0.494 e. The van der Waals surface area contributed by atoms with Crippen LogP contribution in [-0.4, -0.2) is 74.4 Å². The number of likely N-dealkylation sites (tertiary alicyclic amines) is 1. The molecule has 1 aliphatic rings. The molecule has 1 atom stereocenters. The smallest absolute Gasteiger partial charge is 0.247 e. The summed E-state index contributed by atoms with van der Waals surface area (Å²) in [4.78, 5) is 25.7. The number of likely N-dealkylation sites (N-methyl/N-ethyl adjacent to an activating group) is 2. The van der Waals surface area contributed by atoms with Crippen LogP contribution in [0.4, 0.5) is 28.6 Å². The Morgan fingerprint density at radius 2 is 2.03 bits per heavy atom. The van der Waals surface area contributed by atoms with Crippen LogP contribution < -0.4 is 25.6 Å². The lowest BCUT2D eigenvalue weighted by Crippen LogP contribution is -2.45. The summed E-state index contributed by atoms with van der Waals surface area (Å²) in [5, 5.41) is 17.0. The lowest BCUT2D eigenvalue weighted by molar-refractivity contribution is -0.111. The Labute approximate surface area is 229 Å². The molecule has 4 N–H and O–H groups in total. The zero-order chi connectivity index (χ0) is 27.9. The van der Waals surface area contributed by atoms with Crippen LogP contribution in [0, 0.1) is 5.41 Å². The number of amides is 1. The zero-order valence-corrected chi connectivity index (χ0v) is 22.9. The second-order valence-electron chi connectivity index (χ2n) is 9.54. The lowest BCUT2D eigenvalue weighted by Gasteiger charge is -2.38. The highest BCUT2D eigenvalue weighted by Gasteiger charge is 2.25. The topological polar surface area (TPSA) is 118 Å². The zero-order valence-electron chi connectivity index (χ0n) is 22.9. The number of ether oxygens (including phenoxy) is 1. The monoisotopic (exact) mass is 528 g/mol. The number of hydrogen-bond acceptors (Lipinski definition) is 9. The van der Waals surface area contributed by atoms with E-state index >= 15 is 0 Å². The van der Waals surface area contributed by atoms with Crippen LogP contribution >= 0.6 is 0 Å². The summed E-state index contributed by atoms with van der Waals surface area (Å²) >= 11 is 0. The molecule has 39 heavy (non-hydrogen) atoms. The van der Waals surface area contributed by atoms with Gasteiger partial charge in [-0.3, -0.25) is 4.79 Å². The van der Waals surface area contributed by atoms with E-state index in [-0.39, 0.29) is 5.91 Å². The third-order valence-electron chi connectivity index (χ3n) is 6.99. The number of nitrogens with zero attached hydrogens (tertiary/aromatic N) is 4. The molecule has 0 spiro atoms. The average molecular weight is 529 g/mol. The highest BCUT2D eigenvalue weighted by atomic mass is 16.5. The molecule has 1 aliphatic heterocycles. The molecule has 10 nitrogen and oxygen atoms in total. The Balaban J connectivity index is 1.69. The summed E-state index contributed by atoms with van der Waals surface area (Å²) in [6.45, 7) is 5.63. The van der Waals surface area contributed by atoms with E-state index in [4.69, 9.17) is 10.1 Å². The van der Waals surface area contributed by atoms with Crippen molar-refractivity contribution in [2.24, 2.45) is 0 Å². The van der Waals surface area contributed by atoms with Gasteiger partial charge in [0.2, 0.25) is 5.91 Å². The van der Waals surface area contributed by atoms with Gasteiger partial charge in [0.25, 0.3) is 0 Å². The van der Waals surface area contributed by atoms with Crippen molar-refractivity contribution in [1.29, 1.82) is 5.41 Å². The van der Waals surface area contributed by atoms with Gasteiger partial charge >= 0.3 is 0 Å². The second kappa shape index (κ2) is 12.4. The van der Waals surface area contributed by atoms with Gasteiger partial charge in [-0.25, -0.2) is 9.97 Å². The van der Waals surface area contributed by atoms with E-state index in [1.165, 1.54) is 18.6 Å². The Bertz CT molecular complexity index is 1360. The molecule has 10 heteroatoms. The van der Waals surface area contributed by atoms with Crippen LogP contribution in [0.25, 0.3) is 11.3 Å². The summed E-state index contributed by atoms with van der Waals surface area (Å²) in [5.74, 6) is 0.890. The number of benzene rings is 2. The van der Waals surface area contributed by atoms with Crippen molar-refractivity contribution in [2.45, 2.75) is 18.9 Å². The molecule has 0 saturated carbocycles. The molecule has 1 fully saturated rings. The number of anilines is 5. The fraction of sp³-hybridized carbons (Fsp3) is 0.310. The SMILES string of the molecule is C=CC(=O)Nc1cc(Nc2cc(-c3ccc(C=N)c(NC)c3)ncn2)c(OC)cc1N(C)C1CCCN(C)C1. The van der Waals surface area contributed by atoms with Gasteiger partial charge in [-0.05, 0) is 44.6 Å². The number of aromatic nitrogens is 2. The summed E-state index contributed by atoms with van der Waals surface area (Å²) in [6.07, 6.45) is 6.25. The fourth-order valence-electron chi connectivity index (χ4n) is 4.84. The quantitative estimate of drug-likeness (QED) is 0.223. The second-order valence-corrected chi connectivity index (χ2v) is 9.54. The molecule has 3 aromatic rings. The highest BCUT2D eigenvalue weighted by Crippen LogP contribution is 2.39. The molecule has 0 aliphatic carbocycles. The fourth-order valence-corrected chi connectivity index (χ4v) is 4.84. The Morgan fingerprint density at radius 3 is 2.72 bits per heavy atom. The molecule has 2 aromatic carbocycles. The van der Waals surface area contributed by atoms with Gasteiger partial charge < -0.3 is 35.9 Å². The van der Waals surface area contributed by atoms with Gasteiger partial charge in [-0.15, -0.1) is 0 Å². The number of hydrogen-bond donors (Lipinski definition) is 4. The number of carbonyl (C=O) groups is 1. The first kappa shape index (κ1) is 27.6. The summed E-state index contributed by atoms with van der Waals surface area (Å²) < 4.78 is 5.77. The first-order valence-electron chi connectivity index (χ1n) is 12.8. The number of piperidine rings is 1. The van der Waals surface area contributed by atoms with Gasteiger partial charge in [0.15, 0.2) is 0 Å². The minimum atomic E-state index is -0.292. The maximum absolute atomic E-state index is 12.4. The van der Waals surface area contributed by atoms with E-state index < -0.39 is 0 Å². The van der Waals surface area contributed by atoms with Crippen molar-refractivity contribution < 1.29 is 9.53 Å². The van der Waals surface area contributed by atoms with Crippen molar-refractivity contribution in [3.8, 4) is 17.0 Å². The first-order chi connectivity index (χ1) is 18.9. The van der Waals surface area contributed by atoms with Crippen molar-refractivity contribution in [2.75, 3.05) is 62.2 Å². The van der Waals surface area contributed by atoms with Crippen LogP contribution in [0.15, 0.2) is 55.4 Å². The molecule has 1 amide bonds. The molecule has 4 rings (SSSR count). The molecular weight excluding hydrogens is 492 g/mol. The van der Waals surface area contributed by atoms with Gasteiger partial charge in [-0.1, -0.05) is 18.7 Å². The first-order valence-corrected chi connectivity index (χ1v) is 12.8. The van der Waals surface area contributed by atoms with E-state index in [0.29, 0.717) is 29.0 Å². The van der Waals surface area contributed by atoms with Crippen molar-refractivity contribution >= 4 is 40.7 Å². The van der Waals surface area contributed by atoms with Crippen molar-refractivity contribution in [3.05, 3.63) is 60.9 Å². The molecule has 1 saturated heterocycles. The summed E-state index contributed by atoms with van der Waals surface area (Å²) in [6, 6.07) is 11.7. The predicted octanol–water partition coefficient (Wildman–Crippen LogP) is 4.59. The van der Waals surface area contributed by atoms with Crippen LogP contribution in [0.3, 0.4) is 0 Å². The minimum Gasteiger partial charge on any atom is -0.494 e. The van der Waals surface area contributed by atoms with Gasteiger partial charge in [0.1, 0.15) is 17.9 Å². The van der Waals surface area contributed by atoms with Crippen molar-refractivity contribution in [1.82, 2.24) is 14.9 Å². The minimum absolute atomic E-state index is 0.292. The molecule has 1 aromatic heterocycles. The van der Waals surface area contributed by atoms with E-state index in [1.807, 2.05) is 43.4 Å². The molecule has 204 valence electrons. The van der Waals surface area contributed by atoms with E-state index in [2.05, 4.69) is 56.4 Å². The van der Waals surface area contributed by atoms with E-state index in [0.717, 1.165) is 54.1 Å². The van der Waals surface area contributed by atoms with Gasteiger partial charge in [-0.2, -0.15) is 0 Å². The molecular formula is C29H36N8O2. The average Bonchev–Trinajstić information content (AvgIpc) is 2.96.